The molecule has 0 aliphatic rings. The molecule has 1 atom stereocenters. The summed E-state index contributed by atoms with van der Waals surface area (Å²) < 4.78 is 0. The number of likely N-dealkylation sites (N-methyl/N-ethyl adjacent to an activating group) is 1. The van der Waals surface area contributed by atoms with E-state index >= 15 is 0 Å². The number of nitrogens with one attached hydrogen (secondary N) is 2. The number of carbonyl (C=O) groups is 2. The Hall–Kier alpha value is -1.10. The first kappa shape index (κ1) is 17.9. The standard InChI is InChI=1S/C14H29N3O2/c1-7-17(8-13(18)15-11(4)5)9-14(19)16-12(6)10(2)3/h10-12H,7-9H2,1-6H3,(H,15,18)(H,16,19). The Morgan fingerprint density at radius 2 is 1.42 bits per heavy atom. The Bertz CT molecular complexity index is 290. The highest BCUT2D eigenvalue weighted by Gasteiger charge is 2.16. The van der Waals surface area contributed by atoms with Gasteiger partial charge in [-0.25, -0.2) is 0 Å². The van der Waals surface area contributed by atoms with E-state index in [1.165, 1.54) is 0 Å². The molecule has 0 aromatic rings. The fourth-order valence-electron chi connectivity index (χ4n) is 1.52. The van der Waals surface area contributed by atoms with E-state index in [4.69, 9.17) is 0 Å². The van der Waals surface area contributed by atoms with Crippen molar-refractivity contribution >= 4 is 11.8 Å². The van der Waals surface area contributed by atoms with Gasteiger partial charge in [-0.1, -0.05) is 20.8 Å². The van der Waals surface area contributed by atoms with Crippen LogP contribution in [0.3, 0.4) is 0 Å². The number of hydrogen-bond donors (Lipinski definition) is 2. The molecule has 0 heterocycles. The molecule has 0 rings (SSSR count). The third-order valence-electron chi connectivity index (χ3n) is 3.02. The summed E-state index contributed by atoms with van der Waals surface area (Å²) in [5, 5.41) is 5.77. The summed E-state index contributed by atoms with van der Waals surface area (Å²) in [6.45, 7) is 13.1. The molecule has 2 amide bonds. The normalized spacial score (nSPS) is 12.9. The van der Waals surface area contributed by atoms with E-state index in [0.717, 1.165) is 0 Å². The maximum absolute atomic E-state index is 11.8. The number of amides is 2. The summed E-state index contributed by atoms with van der Waals surface area (Å²) in [4.78, 5) is 25.3. The second-order valence-corrected chi connectivity index (χ2v) is 5.63. The van der Waals surface area contributed by atoms with Crippen LogP contribution in [0.1, 0.15) is 41.5 Å². The van der Waals surface area contributed by atoms with Gasteiger partial charge in [0.25, 0.3) is 0 Å². The van der Waals surface area contributed by atoms with Crippen LogP contribution in [0.25, 0.3) is 0 Å². The molecule has 112 valence electrons. The van der Waals surface area contributed by atoms with Crippen molar-refractivity contribution in [2.45, 2.75) is 53.6 Å². The topological polar surface area (TPSA) is 61.4 Å². The number of hydrogen-bond acceptors (Lipinski definition) is 3. The molecule has 0 spiro atoms. The fourth-order valence-corrected chi connectivity index (χ4v) is 1.52. The molecule has 19 heavy (non-hydrogen) atoms. The average Bonchev–Trinajstić information content (AvgIpc) is 2.26. The van der Waals surface area contributed by atoms with Crippen LogP contribution in [-0.2, 0) is 9.59 Å². The summed E-state index contributed by atoms with van der Waals surface area (Å²) in [5.74, 6) is 0.338. The third-order valence-corrected chi connectivity index (χ3v) is 3.02. The Labute approximate surface area is 117 Å². The molecule has 0 saturated carbocycles. The molecular weight excluding hydrogens is 242 g/mol. The zero-order valence-electron chi connectivity index (χ0n) is 13.1. The maximum atomic E-state index is 11.8. The van der Waals surface area contributed by atoms with Crippen LogP contribution in [0.5, 0.6) is 0 Å². The van der Waals surface area contributed by atoms with Gasteiger partial charge in [-0.05, 0) is 33.2 Å². The largest absolute Gasteiger partial charge is 0.353 e. The highest BCUT2D eigenvalue weighted by molar-refractivity contribution is 5.81. The van der Waals surface area contributed by atoms with E-state index in [-0.39, 0.29) is 37.0 Å². The molecule has 0 aliphatic carbocycles. The summed E-state index contributed by atoms with van der Waals surface area (Å²) in [6, 6.07) is 0.275. The van der Waals surface area contributed by atoms with Gasteiger partial charge < -0.3 is 10.6 Å². The van der Waals surface area contributed by atoms with Crippen molar-refractivity contribution in [3.05, 3.63) is 0 Å². The van der Waals surface area contributed by atoms with E-state index in [1.807, 2.05) is 32.6 Å². The number of nitrogens with zero attached hydrogens (tertiary/aromatic N) is 1. The van der Waals surface area contributed by atoms with Crippen molar-refractivity contribution in [2.24, 2.45) is 5.92 Å². The van der Waals surface area contributed by atoms with E-state index in [0.29, 0.717) is 12.5 Å². The Balaban J connectivity index is 4.18. The predicted molar refractivity (Wildman–Crippen MR) is 77.8 cm³/mol. The monoisotopic (exact) mass is 271 g/mol. The minimum absolute atomic E-state index is 0.0274. The first-order valence-electron chi connectivity index (χ1n) is 7.07. The molecule has 0 saturated heterocycles. The van der Waals surface area contributed by atoms with Gasteiger partial charge >= 0.3 is 0 Å². The Morgan fingerprint density at radius 1 is 0.947 bits per heavy atom. The van der Waals surface area contributed by atoms with E-state index in [2.05, 4.69) is 24.5 Å². The Kier molecular flexibility index (Phi) is 8.39. The molecule has 0 aromatic carbocycles. The minimum Gasteiger partial charge on any atom is -0.353 e. The second-order valence-electron chi connectivity index (χ2n) is 5.63. The van der Waals surface area contributed by atoms with Crippen LogP contribution < -0.4 is 10.6 Å². The summed E-state index contributed by atoms with van der Waals surface area (Å²) in [5.41, 5.74) is 0. The van der Waals surface area contributed by atoms with Crippen molar-refractivity contribution in [3.63, 3.8) is 0 Å². The summed E-state index contributed by atoms with van der Waals surface area (Å²) in [7, 11) is 0. The number of carbonyl (C=O) groups excluding carboxylic acids is 2. The molecule has 5 heteroatoms. The Morgan fingerprint density at radius 3 is 1.79 bits per heavy atom. The summed E-state index contributed by atoms with van der Waals surface area (Å²) >= 11 is 0. The molecule has 0 aliphatic heterocycles. The average molecular weight is 271 g/mol. The van der Waals surface area contributed by atoms with Gasteiger partial charge in [0.05, 0.1) is 13.1 Å². The molecule has 0 bridgehead atoms. The molecule has 0 aromatic heterocycles. The van der Waals surface area contributed by atoms with Gasteiger partial charge in [0, 0.05) is 12.1 Å². The van der Waals surface area contributed by atoms with Gasteiger partial charge in [0.2, 0.25) is 11.8 Å². The lowest BCUT2D eigenvalue weighted by atomic mass is 10.1. The zero-order valence-corrected chi connectivity index (χ0v) is 13.1. The van der Waals surface area contributed by atoms with Gasteiger partial charge in [-0.3, -0.25) is 14.5 Å². The molecule has 2 N–H and O–H groups in total. The minimum atomic E-state index is -0.0402. The fraction of sp³-hybridized carbons (Fsp3) is 0.857. The van der Waals surface area contributed by atoms with Crippen LogP contribution in [0, 0.1) is 5.92 Å². The molecule has 0 fully saturated rings. The van der Waals surface area contributed by atoms with Crippen molar-refractivity contribution in [1.29, 1.82) is 0 Å². The summed E-state index contributed by atoms with van der Waals surface area (Å²) in [6.07, 6.45) is 0. The molecule has 5 nitrogen and oxygen atoms in total. The van der Waals surface area contributed by atoms with Gasteiger partial charge in [-0.2, -0.15) is 0 Å². The van der Waals surface area contributed by atoms with Crippen molar-refractivity contribution in [1.82, 2.24) is 15.5 Å². The lowest BCUT2D eigenvalue weighted by molar-refractivity contribution is -0.125. The molecule has 1 unspecified atom stereocenters. The third kappa shape index (κ3) is 8.59. The van der Waals surface area contributed by atoms with Gasteiger partial charge in [0.15, 0.2) is 0 Å². The van der Waals surface area contributed by atoms with Crippen molar-refractivity contribution in [2.75, 3.05) is 19.6 Å². The van der Waals surface area contributed by atoms with Crippen molar-refractivity contribution < 1.29 is 9.59 Å². The smallest absolute Gasteiger partial charge is 0.234 e. The van der Waals surface area contributed by atoms with Crippen LogP contribution in [0.4, 0.5) is 0 Å². The zero-order chi connectivity index (χ0) is 15.0. The van der Waals surface area contributed by atoms with Gasteiger partial charge in [0.1, 0.15) is 0 Å². The SMILES string of the molecule is CCN(CC(=O)NC(C)C)CC(=O)NC(C)C(C)C. The molecule has 0 radical (unpaired) electrons. The van der Waals surface area contributed by atoms with E-state index in [1.54, 1.807) is 0 Å². The van der Waals surface area contributed by atoms with Crippen LogP contribution in [0.15, 0.2) is 0 Å². The van der Waals surface area contributed by atoms with Crippen LogP contribution in [-0.4, -0.2) is 48.4 Å². The van der Waals surface area contributed by atoms with E-state index in [9.17, 15) is 9.59 Å². The number of rotatable bonds is 8. The first-order valence-corrected chi connectivity index (χ1v) is 7.07. The lowest BCUT2D eigenvalue weighted by Crippen LogP contribution is -2.46. The quantitative estimate of drug-likeness (QED) is 0.692. The first-order chi connectivity index (χ1) is 8.76. The van der Waals surface area contributed by atoms with Gasteiger partial charge in [-0.15, -0.1) is 0 Å². The predicted octanol–water partition coefficient (Wildman–Crippen LogP) is 0.994. The van der Waals surface area contributed by atoms with Crippen molar-refractivity contribution in [3.8, 4) is 0 Å². The van der Waals surface area contributed by atoms with E-state index < -0.39 is 0 Å². The second kappa shape index (κ2) is 8.91. The lowest BCUT2D eigenvalue weighted by Gasteiger charge is -2.23. The van der Waals surface area contributed by atoms with Crippen LogP contribution in [0.2, 0.25) is 0 Å². The maximum Gasteiger partial charge on any atom is 0.234 e. The highest BCUT2D eigenvalue weighted by Crippen LogP contribution is 1.99. The highest BCUT2D eigenvalue weighted by atomic mass is 16.2. The van der Waals surface area contributed by atoms with Crippen LogP contribution >= 0.6 is 0 Å². The molecular formula is C14H29N3O2.